The van der Waals surface area contributed by atoms with Gasteiger partial charge in [-0.15, -0.1) is 0 Å². The Bertz CT molecular complexity index is 488. The maximum absolute atomic E-state index is 5.95. The fourth-order valence-electron chi connectivity index (χ4n) is 1.38. The molecule has 0 aromatic carbocycles. The highest BCUT2D eigenvalue weighted by Gasteiger charge is 2.05. The van der Waals surface area contributed by atoms with Crippen molar-refractivity contribution < 1.29 is 0 Å². The molecule has 2 rings (SSSR count). The van der Waals surface area contributed by atoms with Crippen LogP contribution in [0.5, 0.6) is 0 Å². The van der Waals surface area contributed by atoms with Crippen LogP contribution in [0.1, 0.15) is 5.56 Å². The number of rotatable bonds is 4. The maximum atomic E-state index is 5.95. The van der Waals surface area contributed by atoms with Gasteiger partial charge in [0, 0.05) is 18.9 Å². The Labute approximate surface area is 104 Å². The van der Waals surface area contributed by atoms with Crippen molar-refractivity contribution in [2.45, 2.75) is 6.42 Å². The zero-order chi connectivity index (χ0) is 12.1. The fraction of sp³-hybridized carbons (Fsp3) is 0.182. The molecule has 0 saturated carbocycles. The number of nitrogen functional groups attached to an aromatic ring is 1. The van der Waals surface area contributed by atoms with Crippen molar-refractivity contribution in [2.75, 3.05) is 17.6 Å². The highest BCUT2D eigenvalue weighted by atomic mass is 35.5. The van der Waals surface area contributed by atoms with Crippen LogP contribution in [0.4, 0.5) is 11.6 Å². The summed E-state index contributed by atoms with van der Waals surface area (Å²) < 4.78 is 0. The minimum atomic E-state index is 0.283. The Kier molecular flexibility index (Phi) is 3.72. The molecule has 0 amide bonds. The van der Waals surface area contributed by atoms with Crippen LogP contribution in [-0.2, 0) is 6.42 Å². The Balaban J connectivity index is 1.93. The Morgan fingerprint density at radius 3 is 3.00 bits per heavy atom. The van der Waals surface area contributed by atoms with Gasteiger partial charge in [-0.1, -0.05) is 17.7 Å². The van der Waals surface area contributed by atoms with Crippen molar-refractivity contribution in [3.63, 3.8) is 0 Å². The first kappa shape index (κ1) is 11.6. The summed E-state index contributed by atoms with van der Waals surface area (Å²) in [4.78, 5) is 11.9. The Morgan fingerprint density at radius 1 is 1.35 bits per heavy atom. The monoisotopic (exact) mass is 249 g/mol. The molecule has 0 spiro atoms. The van der Waals surface area contributed by atoms with Crippen LogP contribution in [0.2, 0.25) is 5.02 Å². The number of hydrogen-bond donors (Lipinski definition) is 2. The van der Waals surface area contributed by atoms with E-state index in [0.29, 0.717) is 17.4 Å². The van der Waals surface area contributed by atoms with E-state index in [1.165, 1.54) is 6.33 Å². The maximum Gasteiger partial charge on any atom is 0.150 e. The molecule has 2 aromatic heterocycles. The summed E-state index contributed by atoms with van der Waals surface area (Å²) in [5, 5.41) is 3.47. The van der Waals surface area contributed by atoms with Crippen molar-refractivity contribution in [1.82, 2.24) is 15.0 Å². The quantitative estimate of drug-likeness (QED) is 0.864. The molecule has 2 aromatic rings. The molecule has 0 fully saturated rings. The molecule has 0 aliphatic rings. The van der Waals surface area contributed by atoms with Crippen LogP contribution in [0, 0.1) is 0 Å². The molecule has 0 radical (unpaired) electrons. The second-order valence-electron chi connectivity index (χ2n) is 3.46. The van der Waals surface area contributed by atoms with E-state index in [0.717, 1.165) is 12.0 Å². The van der Waals surface area contributed by atoms with E-state index < -0.39 is 0 Å². The van der Waals surface area contributed by atoms with E-state index in [1.807, 2.05) is 18.3 Å². The van der Waals surface area contributed by atoms with Crippen LogP contribution < -0.4 is 11.1 Å². The number of pyridine rings is 1. The standard InChI is InChI=1S/C11H12ClN5/c12-9-10(13)16-7-17-11(9)15-5-3-8-2-1-4-14-6-8/h1-2,4,6-7H,3,5H2,(H3,13,15,16,17). The zero-order valence-corrected chi connectivity index (χ0v) is 9.85. The number of aromatic nitrogens is 3. The number of nitrogens with zero attached hydrogens (tertiary/aromatic N) is 3. The van der Waals surface area contributed by atoms with Crippen LogP contribution >= 0.6 is 11.6 Å². The lowest BCUT2D eigenvalue weighted by Crippen LogP contribution is -2.08. The van der Waals surface area contributed by atoms with Crippen LogP contribution in [0.3, 0.4) is 0 Å². The van der Waals surface area contributed by atoms with E-state index >= 15 is 0 Å². The average Bonchev–Trinajstić information content (AvgIpc) is 2.36. The third-order valence-electron chi connectivity index (χ3n) is 2.25. The van der Waals surface area contributed by atoms with Crippen LogP contribution in [0.25, 0.3) is 0 Å². The normalized spacial score (nSPS) is 10.2. The summed E-state index contributed by atoms with van der Waals surface area (Å²) >= 11 is 5.95. The van der Waals surface area contributed by atoms with Gasteiger partial charge in [-0.25, -0.2) is 9.97 Å². The lowest BCUT2D eigenvalue weighted by Gasteiger charge is -2.07. The molecular formula is C11H12ClN5. The number of halogens is 1. The molecule has 0 bridgehead atoms. The molecule has 2 heterocycles. The predicted molar refractivity (Wildman–Crippen MR) is 67.9 cm³/mol. The summed E-state index contributed by atoms with van der Waals surface area (Å²) in [5.74, 6) is 0.841. The predicted octanol–water partition coefficient (Wildman–Crippen LogP) is 1.76. The van der Waals surface area contributed by atoms with E-state index in [-0.39, 0.29) is 5.82 Å². The van der Waals surface area contributed by atoms with Gasteiger partial charge in [0.05, 0.1) is 0 Å². The van der Waals surface area contributed by atoms with Gasteiger partial charge in [0.15, 0.2) is 0 Å². The van der Waals surface area contributed by atoms with Gasteiger partial charge in [-0.2, -0.15) is 0 Å². The zero-order valence-electron chi connectivity index (χ0n) is 9.10. The second kappa shape index (κ2) is 5.45. The molecule has 0 unspecified atom stereocenters. The van der Waals surface area contributed by atoms with Gasteiger partial charge >= 0.3 is 0 Å². The second-order valence-corrected chi connectivity index (χ2v) is 3.84. The summed E-state index contributed by atoms with van der Waals surface area (Å²) in [6.45, 7) is 0.710. The Morgan fingerprint density at radius 2 is 2.24 bits per heavy atom. The summed E-state index contributed by atoms with van der Waals surface area (Å²) in [6.07, 6.45) is 5.80. The minimum Gasteiger partial charge on any atom is -0.382 e. The molecule has 5 nitrogen and oxygen atoms in total. The van der Waals surface area contributed by atoms with E-state index in [4.69, 9.17) is 17.3 Å². The van der Waals surface area contributed by atoms with Gasteiger partial charge in [0.25, 0.3) is 0 Å². The molecule has 0 aliphatic heterocycles. The molecule has 0 atom stereocenters. The SMILES string of the molecule is Nc1ncnc(NCCc2cccnc2)c1Cl. The summed E-state index contributed by atoms with van der Waals surface area (Å²) in [7, 11) is 0. The van der Waals surface area contributed by atoms with Gasteiger partial charge in [0.2, 0.25) is 0 Å². The van der Waals surface area contributed by atoms with Crippen LogP contribution in [-0.4, -0.2) is 21.5 Å². The van der Waals surface area contributed by atoms with Crippen molar-refractivity contribution in [3.05, 3.63) is 41.4 Å². The molecule has 88 valence electrons. The molecular weight excluding hydrogens is 238 g/mol. The van der Waals surface area contributed by atoms with Crippen molar-refractivity contribution >= 4 is 23.2 Å². The van der Waals surface area contributed by atoms with Gasteiger partial charge in [0.1, 0.15) is 23.0 Å². The van der Waals surface area contributed by atoms with E-state index in [2.05, 4.69) is 20.3 Å². The van der Waals surface area contributed by atoms with Gasteiger partial charge in [-0.3, -0.25) is 4.98 Å². The van der Waals surface area contributed by atoms with Gasteiger partial charge < -0.3 is 11.1 Å². The average molecular weight is 250 g/mol. The lowest BCUT2D eigenvalue weighted by atomic mass is 10.2. The van der Waals surface area contributed by atoms with Gasteiger partial charge in [-0.05, 0) is 18.1 Å². The number of hydrogen-bond acceptors (Lipinski definition) is 5. The van der Waals surface area contributed by atoms with Crippen molar-refractivity contribution in [1.29, 1.82) is 0 Å². The van der Waals surface area contributed by atoms with Crippen molar-refractivity contribution in [3.8, 4) is 0 Å². The molecule has 6 heteroatoms. The molecule has 0 aliphatic carbocycles. The summed E-state index contributed by atoms with van der Waals surface area (Å²) in [6, 6.07) is 3.93. The Hall–Kier alpha value is -1.88. The fourth-order valence-corrected chi connectivity index (χ4v) is 1.54. The largest absolute Gasteiger partial charge is 0.382 e. The topological polar surface area (TPSA) is 76.7 Å². The van der Waals surface area contributed by atoms with Crippen molar-refractivity contribution in [2.24, 2.45) is 0 Å². The van der Waals surface area contributed by atoms with E-state index in [1.54, 1.807) is 6.20 Å². The summed E-state index contributed by atoms with van der Waals surface area (Å²) in [5.41, 5.74) is 6.72. The molecule has 3 N–H and O–H groups in total. The smallest absolute Gasteiger partial charge is 0.150 e. The third kappa shape index (κ3) is 3.04. The first-order valence-electron chi connectivity index (χ1n) is 5.16. The first-order valence-corrected chi connectivity index (χ1v) is 5.54. The third-order valence-corrected chi connectivity index (χ3v) is 2.62. The molecule has 0 saturated heterocycles. The number of nitrogens with one attached hydrogen (secondary N) is 1. The van der Waals surface area contributed by atoms with Crippen LogP contribution in [0.15, 0.2) is 30.9 Å². The van der Waals surface area contributed by atoms with E-state index in [9.17, 15) is 0 Å². The highest BCUT2D eigenvalue weighted by molar-refractivity contribution is 6.35. The molecule has 17 heavy (non-hydrogen) atoms. The lowest BCUT2D eigenvalue weighted by molar-refractivity contribution is 0.989. The number of anilines is 2. The first-order chi connectivity index (χ1) is 8.27. The highest BCUT2D eigenvalue weighted by Crippen LogP contribution is 2.22. The minimum absolute atomic E-state index is 0.283. The number of nitrogens with two attached hydrogens (primary N) is 1.